The molecule has 1 aliphatic rings. The average molecular weight is 250 g/mol. The van der Waals surface area contributed by atoms with Crippen LogP contribution in [0.4, 0.5) is 0 Å². The number of hydrogen-bond donors (Lipinski definition) is 3. The molecule has 1 aromatic rings. The fourth-order valence-corrected chi connectivity index (χ4v) is 2.62. The Kier molecular flexibility index (Phi) is 4.09. The summed E-state index contributed by atoms with van der Waals surface area (Å²) in [6, 6.07) is 5.56. The van der Waals surface area contributed by atoms with Crippen LogP contribution in [0.1, 0.15) is 18.9 Å². The Morgan fingerprint density at radius 1 is 1.39 bits per heavy atom. The fourth-order valence-electron chi connectivity index (χ4n) is 2.62. The van der Waals surface area contributed by atoms with Gasteiger partial charge in [-0.2, -0.15) is 0 Å². The SMILES string of the molecule is CC1CN(C)CCC1NCc1cccc(O)c1O. The van der Waals surface area contributed by atoms with Crippen molar-refractivity contribution < 1.29 is 10.2 Å². The second-order valence-electron chi connectivity index (χ2n) is 5.30. The van der Waals surface area contributed by atoms with Crippen LogP contribution >= 0.6 is 0 Å². The third-order valence-electron chi connectivity index (χ3n) is 3.76. The van der Waals surface area contributed by atoms with Gasteiger partial charge in [0.25, 0.3) is 0 Å². The molecule has 2 rings (SSSR count). The zero-order valence-electron chi connectivity index (χ0n) is 11.1. The van der Waals surface area contributed by atoms with Crippen LogP contribution in [0.2, 0.25) is 0 Å². The van der Waals surface area contributed by atoms with Crippen LogP contribution in [0.25, 0.3) is 0 Å². The molecule has 4 heteroatoms. The number of benzene rings is 1. The molecule has 0 aliphatic carbocycles. The highest BCUT2D eigenvalue weighted by molar-refractivity contribution is 5.44. The van der Waals surface area contributed by atoms with Crippen LogP contribution in [-0.2, 0) is 6.54 Å². The number of likely N-dealkylation sites (tertiary alicyclic amines) is 1. The maximum atomic E-state index is 9.74. The molecular formula is C14H22N2O2. The van der Waals surface area contributed by atoms with Gasteiger partial charge in [0.15, 0.2) is 11.5 Å². The van der Waals surface area contributed by atoms with E-state index in [4.69, 9.17) is 0 Å². The highest BCUT2D eigenvalue weighted by Crippen LogP contribution is 2.28. The molecular weight excluding hydrogens is 228 g/mol. The lowest BCUT2D eigenvalue weighted by atomic mass is 9.94. The van der Waals surface area contributed by atoms with Crippen LogP contribution in [0.3, 0.4) is 0 Å². The van der Waals surface area contributed by atoms with Crippen LogP contribution in [0, 0.1) is 5.92 Å². The highest BCUT2D eigenvalue weighted by Gasteiger charge is 2.23. The van der Waals surface area contributed by atoms with Gasteiger partial charge in [0.05, 0.1) is 0 Å². The Hall–Kier alpha value is -1.26. The first-order valence-electron chi connectivity index (χ1n) is 6.49. The largest absolute Gasteiger partial charge is 0.504 e. The number of nitrogens with zero attached hydrogens (tertiary/aromatic N) is 1. The van der Waals surface area contributed by atoms with Crippen molar-refractivity contribution in [3.05, 3.63) is 23.8 Å². The number of piperidine rings is 1. The summed E-state index contributed by atoms with van der Waals surface area (Å²) in [5.41, 5.74) is 0.751. The zero-order valence-corrected chi connectivity index (χ0v) is 11.1. The summed E-state index contributed by atoms with van der Waals surface area (Å²) < 4.78 is 0. The Bertz CT molecular complexity index is 409. The van der Waals surface area contributed by atoms with E-state index in [1.807, 2.05) is 6.07 Å². The third kappa shape index (κ3) is 2.94. The van der Waals surface area contributed by atoms with Crippen molar-refractivity contribution in [2.75, 3.05) is 20.1 Å². The molecule has 0 radical (unpaired) electrons. The van der Waals surface area contributed by atoms with Gasteiger partial charge in [0, 0.05) is 24.7 Å². The second-order valence-corrected chi connectivity index (χ2v) is 5.30. The molecule has 0 amide bonds. The number of phenolic OH excluding ortho intramolecular Hbond substituents is 2. The second kappa shape index (κ2) is 5.59. The van der Waals surface area contributed by atoms with Gasteiger partial charge in [-0.15, -0.1) is 0 Å². The summed E-state index contributed by atoms with van der Waals surface area (Å²) in [6.45, 7) is 5.05. The van der Waals surface area contributed by atoms with E-state index in [0.717, 1.165) is 25.1 Å². The number of para-hydroxylation sites is 1. The Labute approximate surface area is 108 Å². The number of phenols is 2. The predicted molar refractivity (Wildman–Crippen MR) is 71.7 cm³/mol. The minimum Gasteiger partial charge on any atom is -0.504 e. The van der Waals surface area contributed by atoms with Gasteiger partial charge in [-0.05, 0) is 32.0 Å². The van der Waals surface area contributed by atoms with E-state index < -0.39 is 0 Å². The number of nitrogens with one attached hydrogen (secondary N) is 1. The molecule has 1 aromatic carbocycles. The average Bonchev–Trinajstić information content (AvgIpc) is 2.33. The van der Waals surface area contributed by atoms with Gasteiger partial charge in [-0.25, -0.2) is 0 Å². The third-order valence-corrected chi connectivity index (χ3v) is 3.76. The maximum Gasteiger partial charge on any atom is 0.161 e. The van der Waals surface area contributed by atoms with E-state index in [1.165, 1.54) is 6.07 Å². The van der Waals surface area contributed by atoms with E-state index in [1.54, 1.807) is 6.07 Å². The lowest BCUT2D eigenvalue weighted by Crippen LogP contribution is -2.46. The van der Waals surface area contributed by atoms with E-state index >= 15 is 0 Å². The van der Waals surface area contributed by atoms with Gasteiger partial charge >= 0.3 is 0 Å². The molecule has 4 nitrogen and oxygen atoms in total. The summed E-state index contributed by atoms with van der Waals surface area (Å²) in [5.74, 6) is 0.541. The minimum absolute atomic E-state index is 0.00872. The lowest BCUT2D eigenvalue weighted by molar-refractivity contribution is 0.174. The standard InChI is InChI=1S/C14H22N2O2/c1-10-9-16(2)7-6-12(10)15-8-11-4-3-5-13(17)14(11)18/h3-5,10,12,15,17-18H,6-9H2,1-2H3. The van der Waals surface area contributed by atoms with Crippen molar-refractivity contribution in [2.45, 2.75) is 25.9 Å². The normalized spacial score (nSPS) is 25.2. The molecule has 1 aliphatic heterocycles. The molecule has 2 unspecified atom stereocenters. The van der Waals surface area contributed by atoms with Crippen molar-refractivity contribution in [3.63, 3.8) is 0 Å². The topological polar surface area (TPSA) is 55.7 Å². The van der Waals surface area contributed by atoms with Crippen molar-refractivity contribution >= 4 is 0 Å². The molecule has 0 spiro atoms. The summed E-state index contributed by atoms with van der Waals surface area (Å²) in [7, 11) is 2.15. The number of hydrogen-bond acceptors (Lipinski definition) is 4. The van der Waals surface area contributed by atoms with E-state index in [0.29, 0.717) is 18.5 Å². The summed E-state index contributed by atoms with van der Waals surface area (Å²) in [6.07, 6.45) is 1.12. The van der Waals surface area contributed by atoms with Gasteiger partial charge in [0.2, 0.25) is 0 Å². The molecule has 2 atom stereocenters. The minimum atomic E-state index is -0.0503. The van der Waals surface area contributed by atoms with Gasteiger partial charge in [-0.3, -0.25) is 0 Å². The molecule has 0 bridgehead atoms. The van der Waals surface area contributed by atoms with Gasteiger partial charge in [0.1, 0.15) is 0 Å². The Morgan fingerprint density at radius 2 is 2.17 bits per heavy atom. The molecule has 1 saturated heterocycles. The summed E-state index contributed by atoms with van der Waals surface area (Å²) in [5, 5.41) is 22.7. The quantitative estimate of drug-likeness (QED) is 0.712. The highest BCUT2D eigenvalue weighted by atomic mass is 16.3. The predicted octanol–water partition coefficient (Wildman–Crippen LogP) is 1.53. The summed E-state index contributed by atoms with van der Waals surface area (Å²) in [4.78, 5) is 2.34. The summed E-state index contributed by atoms with van der Waals surface area (Å²) >= 11 is 0. The number of aromatic hydroxyl groups is 2. The molecule has 0 aromatic heterocycles. The first-order chi connectivity index (χ1) is 8.58. The Morgan fingerprint density at radius 3 is 2.89 bits per heavy atom. The van der Waals surface area contributed by atoms with E-state index in [9.17, 15) is 10.2 Å². The first kappa shape index (κ1) is 13.2. The fraction of sp³-hybridized carbons (Fsp3) is 0.571. The van der Waals surface area contributed by atoms with Crippen molar-refractivity contribution in [2.24, 2.45) is 5.92 Å². The van der Waals surface area contributed by atoms with Gasteiger partial charge < -0.3 is 20.4 Å². The van der Waals surface area contributed by atoms with Crippen molar-refractivity contribution in [1.29, 1.82) is 0 Å². The molecule has 18 heavy (non-hydrogen) atoms. The molecule has 3 N–H and O–H groups in total. The van der Waals surface area contributed by atoms with Crippen LogP contribution < -0.4 is 5.32 Å². The molecule has 1 fully saturated rings. The maximum absolute atomic E-state index is 9.74. The lowest BCUT2D eigenvalue weighted by Gasteiger charge is -2.35. The monoisotopic (exact) mass is 250 g/mol. The van der Waals surface area contributed by atoms with Crippen LogP contribution in [0.15, 0.2) is 18.2 Å². The Balaban J connectivity index is 1.93. The van der Waals surface area contributed by atoms with E-state index in [2.05, 4.69) is 24.2 Å². The number of rotatable bonds is 3. The molecule has 0 saturated carbocycles. The van der Waals surface area contributed by atoms with Crippen LogP contribution in [0.5, 0.6) is 11.5 Å². The van der Waals surface area contributed by atoms with Gasteiger partial charge in [-0.1, -0.05) is 19.1 Å². The molecule has 100 valence electrons. The first-order valence-corrected chi connectivity index (χ1v) is 6.49. The smallest absolute Gasteiger partial charge is 0.161 e. The van der Waals surface area contributed by atoms with Crippen LogP contribution in [-0.4, -0.2) is 41.3 Å². The molecule has 1 heterocycles. The van der Waals surface area contributed by atoms with Crippen molar-refractivity contribution in [3.8, 4) is 11.5 Å². The van der Waals surface area contributed by atoms with Crippen molar-refractivity contribution in [1.82, 2.24) is 10.2 Å². The zero-order chi connectivity index (χ0) is 13.1. The van der Waals surface area contributed by atoms with E-state index in [-0.39, 0.29) is 11.5 Å².